The van der Waals surface area contributed by atoms with Crippen LogP contribution in [0.5, 0.6) is 11.5 Å². The summed E-state index contributed by atoms with van der Waals surface area (Å²) in [6.07, 6.45) is 15.2. The van der Waals surface area contributed by atoms with Crippen molar-refractivity contribution in [3.05, 3.63) is 57.6 Å². The standard InChI is InChI=1S/2C21H34O3.Zn/c2*1-6-21(4,5)18-14-16(13-17(19(18)22)20(23)24)12-10-8-7-9-11-15(2)3;/h2*13-15,22H,6-12H2,1-5H3,(H,23,24);/q;;+2/p-2. The van der Waals surface area contributed by atoms with Gasteiger partial charge in [-0.25, -0.2) is 9.59 Å². The molecule has 2 N–H and O–H groups in total. The number of carbonyl (C=O) groups is 2. The number of hydrogen-bond donors (Lipinski definition) is 2. The van der Waals surface area contributed by atoms with E-state index in [4.69, 9.17) is 0 Å². The number of unbranched alkanes of at least 4 members (excludes halogenated alkanes) is 6. The van der Waals surface area contributed by atoms with Crippen molar-refractivity contribution in [1.82, 2.24) is 0 Å². The molecule has 0 saturated heterocycles. The normalized spacial score (nSPS) is 11.7. The summed E-state index contributed by atoms with van der Waals surface area (Å²) < 4.78 is 0. The number of aromatic carboxylic acids is 2. The molecule has 0 unspecified atom stereocenters. The van der Waals surface area contributed by atoms with Gasteiger partial charge < -0.3 is 20.4 Å². The van der Waals surface area contributed by atoms with Crippen LogP contribution in [0.3, 0.4) is 0 Å². The van der Waals surface area contributed by atoms with Gasteiger partial charge in [0.15, 0.2) is 0 Å². The summed E-state index contributed by atoms with van der Waals surface area (Å²) in [5.74, 6) is -1.37. The van der Waals surface area contributed by atoms with Crippen LogP contribution in [0, 0.1) is 11.8 Å². The summed E-state index contributed by atoms with van der Waals surface area (Å²) in [6.45, 7) is 21.1. The summed E-state index contributed by atoms with van der Waals surface area (Å²) >= 11 is 0. The molecule has 0 saturated carbocycles. The fourth-order valence-electron chi connectivity index (χ4n) is 5.84. The molecule has 0 aromatic heterocycles. The van der Waals surface area contributed by atoms with E-state index in [-0.39, 0.29) is 52.9 Å². The van der Waals surface area contributed by atoms with Crippen LogP contribution in [0.15, 0.2) is 24.3 Å². The minimum Gasteiger partial charge on any atom is -0.872 e. The van der Waals surface area contributed by atoms with Gasteiger partial charge >= 0.3 is 31.4 Å². The van der Waals surface area contributed by atoms with E-state index >= 15 is 0 Å². The molecule has 49 heavy (non-hydrogen) atoms. The molecular formula is C42H66O6Zn. The first kappa shape index (κ1) is 46.6. The van der Waals surface area contributed by atoms with Gasteiger partial charge in [0.1, 0.15) is 0 Å². The van der Waals surface area contributed by atoms with Gasteiger partial charge in [0.05, 0.1) is 11.1 Å². The van der Waals surface area contributed by atoms with Crippen molar-refractivity contribution in [2.45, 2.75) is 170 Å². The smallest absolute Gasteiger partial charge is 0.872 e. The maximum atomic E-state index is 12.5. The summed E-state index contributed by atoms with van der Waals surface area (Å²) in [7, 11) is 0. The summed E-state index contributed by atoms with van der Waals surface area (Å²) in [6, 6.07) is 7.03. The maximum Gasteiger partial charge on any atom is 2.00 e. The second kappa shape index (κ2) is 22.4. The van der Waals surface area contributed by atoms with Gasteiger partial charge in [-0.3, -0.25) is 0 Å². The van der Waals surface area contributed by atoms with Crippen molar-refractivity contribution < 1.29 is 49.5 Å². The fourth-order valence-corrected chi connectivity index (χ4v) is 5.84. The third kappa shape index (κ3) is 16.0. The van der Waals surface area contributed by atoms with Crippen molar-refractivity contribution in [3.63, 3.8) is 0 Å². The quantitative estimate of drug-likeness (QED) is 0.103. The van der Waals surface area contributed by atoms with Gasteiger partial charge in [-0.1, -0.05) is 144 Å². The molecule has 0 aliphatic carbocycles. The molecule has 0 atom stereocenters. The molecule has 2 aromatic carbocycles. The Morgan fingerprint density at radius 2 is 0.898 bits per heavy atom. The summed E-state index contributed by atoms with van der Waals surface area (Å²) in [5.41, 5.74) is 2.48. The minimum absolute atomic E-state index is 0. The summed E-state index contributed by atoms with van der Waals surface area (Å²) in [4.78, 5) is 22.8. The SMILES string of the molecule is CCC(C)(C)c1cc(CCCCCCC(C)C)cc(C(=O)O)c1[O-].CCC(C)(C)c1cc(CCCCCCC(C)C)cc(C(=O)O)c1[O-].[Zn+2]. The predicted octanol–water partition coefficient (Wildman–Crippen LogP) is 10.6. The van der Waals surface area contributed by atoms with E-state index < -0.39 is 11.9 Å². The van der Waals surface area contributed by atoms with E-state index in [1.807, 2.05) is 53.7 Å². The van der Waals surface area contributed by atoms with Gasteiger partial charge in [-0.05, 0) is 95.6 Å². The van der Waals surface area contributed by atoms with Crippen LogP contribution in [0.4, 0.5) is 0 Å². The van der Waals surface area contributed by atoms with E-state index in [1.165, 1.54) is 38.5 Å². The molecule has 0 spiro atoms. The van der Waals surface area contributed by atoms with Crippen molar-refractivity contribution >= 4 is 11.9 Å². The molecule has 6 nitrogen and oxygen atoms in total. The molecule has 0 amide bonds. The molecule has 0 bridgehead atoms. The van der Waals surface area contributed by atoms with E-state index in [1.54, 1.807) is 12.1 Å². The van der Waals surface area contributed by atoms with E-state index in [9.17, 15) is 30.0 Å². The van der Waals surface area contributed by atoms with Crippen LogP contribution in [-0.4, -0.2) is 22.2 Å². The zero-order chi connectivity index (χ0) is 36.7. The topological polar surface area (TPSA) is 121 Å². The zero-order valence-electron chi connectivity index (χ0n) is 32.6. The number of benzene rings is 2. The van der Waals surface area contributed by atoms with Crippen molar-refractivity contribution in [2.75, 3.05) is 0 Å². The van der Waals surface area contributed by atoms with Crippen LogP contribution in [0.2, 0.25) is 0 Å². The van der Waals surface area contributed by atoms with Crippen molar-refractivity contribution in [3.8, 4) is 11.5 Å². The molecule has 272 valence electrons. The first-order valence-electron chi connectivity index (χ1n) is 18.5. The predicted molar refractivity (Wildman–Crippen MR) is 196 cm³/mol. The van der Waals surface area contributed by atoms with Gasteiger partial charge in [0.25, 0.3) is 0 Å². The van der Waals surface area contributed by atoms with Gasteiger partial charge in [-0.15, -0.1) is 0 Å². The molecular weight excluding hydrogens is 666 g/mol. The molecule has 7 heteroatoms. The van der Waals surface area contributed by atoms with E-state index in [0.717, 1.165) is 74.3 Å². The monoisotopic (exact) mass is 730 g/mol. The van der Waals surface area contributed by atoms with Gasteiger partial charge in [-0.2, -0.15) is 0 Å². The Hall–Kier alpha value is -2.40. The number of rotatable bonds is 20. The average Bonchev–Trinajstić information content (AvgIpc) is 3.01. The third-order valence-corrected chi connectivity index (χ3v) is 9.98. The summed E-state index contributed by atoms with van der Waals surface area (Å²) in [5, 5.41) is 43.6. The average molecular weight is 732 g/mol. The Labute approximate surface area is 311 Å². The van der Waals surface area contributed by atoms with Gasteiger partial charge in [0, 0.05) is 0 Å². The zero-order valence-corrected chi connectivity index (χ0v) is 35.6. The van der Waals surface area contributed by atoms with Gasteiger partial charge in [0.2, 0.25) is 0 Å². The largest absolute Gasteiger partial charge is 2.00 e. The van der Waals surface area contributed by atoms with Crippen LogP contribution >= 0.6 is 0 Å². The third-order valence-electron chi connectivity index (χ3n) is 9.98. The van der Waals surface area contributed by atoms with E-state index in [0.29, 0.717) is 11.1 Å². The first-order chi connectivity index (χ1) is 22.4. The molecule has 0 fully saturated rings. The first-order valence-corrected chi connectivity index (χ1v) is 18.5. The minimum atomic E-state index is -1.12. The number of carboxylic acid groups (broad SMARTS) is 2. The Bertz CT molecular complexity index is 1200. The van der Waals surface area contributed by atoms with Crippen LogP contribution < -0.4 is 10.2 Å². The molecule has 0 radical (unpaired) electrons. The molecule has 0 aliphatic rings. The van der Waals surface area contributed by atoms with Crippen LogP contribution in [0.25, 0.3) is 0 Å². The molecule has 0 aliphatic heterocycles. The Morgan fingerprint density at radius 3 is 1.16 bits per heavy atom. The number of aryl methyl sites for hydroxylation is 2. The second-order valence-corrected chi connectivity index (χ2v) is 15.8. The Kier molecular flexibility index (Phi) is 21.3. The van der Waals surface area contributed by atoms with Crippen molar-refractivity contribution in [1.29, 1.82) is 0 Å². The molecule has 2 aromatic rings. The van der Waals surface area contributed by atoms with Crippen LogP contribution in [0.1, 0.15) is 189 Å². The van der Waals surface area contributed by atoms with Crippen molar-refractivity contribution in [2.24, 2.45) is 11.8 Å². The number of carboxylic acids is 2. The fraction of sp³-hybridized carbons (Fsp3) is 0.667. The Morgan fingerprint density at radius 1 is 0.592 bits per heavy atom. The maximum absolute atomic E-state index is 12.5. The van der Waals surface area contributed by atoms with E-state index in [2.05, 4.69) is 27.7 Å². The molecule has 2 rings (SSSR count). The van der Waals surface area contributed by atoms with Crippen LogP contribution in [-0.2, 0) is 43.1 Å². The Balaban J connectivity index is 0.000000922. The second-order valence-electron chi connectivity index (χ2n) is 15.8. The molecule has 0 heterocycles. The number of hydrogen-bond acceptors (Lipinski definition) is 4.